The second kappa shape index (κ2) is 6.70. The van der Waals surface area contributed by atoms with Gasteiger partial charge in [0.25, 0.3) is 0 Å². The fourth-order valence-electron chi connectivity index (χ4n) is 3.51. The van der Waals surface area contributed by atoms with E-state index in [4.69, 9.17) is 4.74 Å². The van der Waals surface area contributed by atoms with E-state index >= 15 is 0 Å². The Labute approximate surface area is 160 Å². The lowest BCUT2D eigenvalue weighted by Gasteiger charge is -2.29. The molecule has 4 rings (SSSR count). The molecule has 1 saturated carbocycles. The summed E-state index contributed by atoms with van der Waals surface area (Å²) in [6.07, 6.45) is 2.95. The number of methoxy groups -OCH3 is 1. The normalized spacial score (nSPS) is 14.1. The molecule has 3 aromatic rings. The zero-order chi connectivity index (χ0) is 20.0. The number of benzene rings is 2. The fourth-order valence-corrected chi connectivity index (χ4v) is 3.51. The van der Waals surface area contributed by atoms with E-state index in [1.165, 1.54) is 20.1 Å². The van der Waals surface area contributed by atoms with E-state index in [9.17, 15) is 19.4 Å². The van der Waals surface area contributed by atoms with Crippen LogP contribution in [-0.4, -0.2) is 32.8 Å². The molecular formula is C20H20FN3O4. The molecule has 7 nitrogen and oxygen atoms in total. The second-order valence-corrected chi connectivity index (χ2v) is 6.91. The highest BCUT2D eigenvalue weighted by Gasteiger charge is 2.29. The fraction of sp³-hybridized carbons (Fsp3) is 0.300. The van der Waals surface area contributed by atoms with Crippen molar-refractivity contribution >= 4 is 22.6 Å². The minimum atomic E-state index is -0.962. The van der Waals surface area contributed by atoms with E-state index in [-0.39, 0.29) is 23.3 Å². The number of aromatic nitrogens is 2. The van der Waals surface area contributed by atoms with Crippen molar-refractivity contribution in [1.82, 2.24) is 9.55 Å². The number of aromatic hydroxyl groups is 2. The van der Waals surface area contributed by atoms with Gasteiger partial charge >= 0.3 is 0 Å². The van der Waals surface area contributed by atoms with Gasteiger partial charge in [0.15, 0.2) is 17.3 Å². The van der Waals surface area contributed by atoms with Crippen LogP contribution in [-0.2, 0) is 4.79 Å². The van der Waals surface area contributed by atoms with Crippen LogP contribution >= 0.6 is 0 Å². The molecule has 146 valence electrons. The molecule has 1 fully saturated rings. The van der Waals surface area contributed by atoms with Crippen LogP contribution in [0.2, 0.25) is 0 Å². The number of amides is 1. The molecule has 0 bridgehead atoms. The van der Waals surface area contributed by atoms with E-state index in [0.29, 0.717) is 17.0 Å². The minimum absolute atomic E-state index is 0.0383. The molecule has 3 N–H and O–H groups in total. The summed E-state index contributed by atoms with van der Waals surface area (Å²) in [4.78, 5) is 15.9. The Balaban J connectivity index is 1.96. The third kappa shape index (κ3) is 2.81. The number of phenolic OH excluding ortho intramolecular Hbond substituents is 2. The molecule has 0 unspecified atom stereocenters. The van der Waals surface area contributed by atoms with Crippen molar-refractivity contribution in [3.05, 3.63) is 30.1 Å². The Hall–Kier alpha value is -3.29. The number of hydrogen-bond donors (Lipinski definition) is 3. The van der Waals surface area contributed by atoms with Crippen LogP contribution in [0.3, 0.4) is 0 Å². The van der Waals surface area contributed by atoms with Crippen molar-refractivity contribution < 1.29 is 24.1 Å². The molecule has 0 atom stereocenters. The first-order chi connectivity index (χ1) is 13.4. The van der Waals surface area contributed by atoms with Gasteiger partial charge in [-0.3, -0.25) is 4.79 Å². The molecule has 1 aromatic heterocycles. The number of halogens is 1. The largest absolute Gasteiger partial charge is 0.502 e. The number of fused-ring (bicyclic) bond motifs is 1. The summed E-state index contributed by atoms with van der Waals surface area (Å²) in [5.74, 6) is -2.39. The van der Waals surface area contributed by atoms with Crippen LogP contribution < -0.4 is 10.1 Å². The maximum Gasteiger partial charge on any atom is 0.221 e. The molecule has 0 radical (unpaired) electrons. The Kier molecular flexibility index (Phi) is 4.33. The van der Waals surface area contributed by atoms with Gasteiger partial charge in [-0.2, -0.15) is 0 Å². The summed E-state index contributed by atoms with van der Waals surface area (Å²) in [6.45, 7) is 1.42. The number of anilines is 1. The monoisotopic (exact) mass is 385 g/mol. The predicted molar refractivity (Wildman–Crippen MR) is 102 cm³/mol. The number of phenols is 2. The van der Waals surface area contributed by atoms with Gasteiger partial charge in [-0.15, -0.1) is 0 Å². The molecule has 1 aliphatic rings. The van der Waals surface area contributed by atoms with Crippen LogP contribution in [0.5, 0.6) is 17.2 Å². The topological polar surface area (TPSA) is 96.6 Å². The van der Waals surface area contributed by atoms with Crippen LogP contribution in [0.15, 0.2) is 24.3 Å². The molecule has 1 aliphatic carbocycles. The van der Waals surface area contributed by atoms with Gasteiger partial charge < -0.3 is 24.8 Å². The Morgan fingerprint density at radius 3 is 2.64 bits per heavy atom. The zero-order valence-corrected chi connectivity index (χ0v) is 15.5. The van der Waals surface area contributed by atoms with Gasteiger partial charge in [0.05, 0.1) is 23.7 Å². The smallest absolute Gasteiger partial charge is 0.221 e. The highest BCUT2D eigenvalue weighted by molar-refractivity contribution is 5.92. The van der Waals surface area contributed by atoms with Crippen LogP contribution in [0.25, 0.3) is 22.4 Å². The van der Waals surface area contributed by atoms with Crippen molar-refractivity contribution in [2.75, 3.05) is 12.4 Å². The first kappa shape index (κ1) is 18.1. The Morgan fingerprint density at radius 2 is 2.04 bits per heavy atom. The van der Waals surface area contributed by atoms with Crippen LogP contribution in [0.4, 0.5) is 10.1 Å². The van der Waals surface area contributed by atoms with Crippen LogP contribution in [0, 0.1) is 5.82 Å². The number of imidazole rings is 1. The highest BCUT2D eigenvalue weighted by Crippen LogP contribution is 2.45. The minimum Gasteiger partial charge on any atom is -0.502 e. The first-order valence-electron chi connectivity index (χ1n) is 8.99. The number of rotatable bonds is 4. The standard InChI is InChI=1S/C20H20FN3O4/c1-10(25)22-11-6-7-15-14(8-11)23-20(24(15)12-4-3-5-12)13-9-16(28-2)18(26)19(27)17(13)21/h6-9,12,26-27H,3-5H2,1-2H3,(H,22,25). The average molecular weight is 385 g/mol. The number of carbonyl (C=O) groups is 1. The van der Waals surface area contributed by atoms with Gasteiger partial charge in [0.2, 0.25) is 11.7 Å². The summed E-state index contributed by atoms with van der Waals surface area (Å²) < 4.78 is 21.8. The molecule has 0 saturated heterocycles. The second-order valence-electron chi connectivity index (χ2n) is 6.91. The molecule has 2 aromatic carbocycles. The summed E-state index contributed by atoms with van der Waals surface area (Å²) in [5, 5.41) is 22.6. The highest BCUT2D eigenvalue weighted by atomic mass is 19.1. The predicted octanol–water partition coefficient (Wildman–Crippen LogP) is 3.95. The summed E-state index contributed by atoms with van der Waals surface area (Å²) >= 11 is 0. The number of carbonyl (C=O) groups excluding carboxylic acids is 1. The molecular weight excluding hydrogens is 365 g/mol. The average Bonchev–Trinajstić information content (AvgIpc) is 2.96. The lowest BCUT2D eigenvalue weighted by molar-refractivity contribution is -0.114. The zero-order valence-electron chi connectivity index (χ0n) is 15.5. The Morgan fingerprint density at radius 1 is 1.29 bits per heavy atom. The van der Waals surface area contributed by atoms with Gasteiger partial charge in [0, 0.05) is 18.7 Å². The van der Waals surface area contributed by atoms with Crippen LogP contribution in [0.1, 0.15) is 32.2 Å². The van der Waals surface area contributed by atoms with Crippen molar-refractivity contribution in [3.8, 4) is 28.6 Å². The lowest BCUT2D eigenvalue weighted by Crippen LogP contribution is -2.18. The van der Waals surface area contributed by atoms with E-state index in [2.05, 4.69) is 10.3 Å². The maximum atomic E-state index is 14.8. The first-order valence-corrected chi connectivity index (χ1v) is 8.99. The van der Waals surface area contributed by atoms with Crippen molar-refractivity contribution in [2.24, 2.45) is 0 Å². The van der Waals surface area contributed by atoms with Crippen molar-refractivity contribution in [3.63, 3.8) is 0 Å². The number of hydrogen-bond acceptors (Lipinski definition) is 5. The molecule has 1 amide bonds. The molecule has 8 heteroatoms. The van der Waals surface area contributed by atoms with E-state index in [1.807, 2.05) is 10.6 Å². The summed E-state index contributed by atoms with van der Waals surface area (Å²) in [5.41, 5.74) is 2.03. The quantitative estimate of drug-likeness (QED) is 0.591. The SMILES string of the molecule is COc1cc(-c2nc3cc(NC(C)=O)ccc3n2C2CCC2)c(F)c(O)c1O. The van der Waals surface area contributed by atoms with Gasteiger partial charge in [0.1, 0.15) is 5.82 Å². The van der Waals surface area contributed by atoms with E-state index < -0.39 is 17.3 Å². The molecule has 1 heterocycles. The summed E-state index contributed by atoms with van der Waals surface area (Å²) in [7, 11) is 1.32. The van der Waals surface area contributed by atoms with E-state index in [0.717, 1.165) is 24.8 Å². The van der Waals surface area contributed by atoms with Crippen molar-refractivity contribution in [2.45, 2.75) is 32.2 Å². The van der Waals surface area contributed by atoms with Crippen molar-refractivity contribution in [1.29, 1.82) is 0 Å². The number of nitrogens with zero attached hydrogens (tertiary/aromatic N) is 2. The number of nitrogens with one attached hydrogen (secondary N) is 1. The number of ether oxygens (including phenoxy) is 1. The van der Waals surface area contributed by atoms with Gasteiger partial charge in [-0.25, -0.2) is 9.37 Å². The lowest BCUT2D eigenvalue weighted by atomic mass is 9.92. The third-order valence-corrected chi connectivity index (χ3v) is 5.09. The van der Waals surface area contributed by atoms with Gasteiger partial charge in [-0.1, -0.05) is 0 Å². The maximum absolute atomic E-state index is 14.8. The molecule has 0 spiro atoms. The van der Waals surface area contributed by atoms with E-state index in [1.54, 1.807) is 12.1 Å². The third-order valence-electron chi connectivity index (χ3n) is 5.09. The molecule has 28 heavy (non-hydrogen) atoms. The molecule has 0 aliphatic heterocycles. The Bertz CT molecular complexity index is 1090. The summed E-state index contributed by atoms with van der Waals surface area (Å²) in [6, 6.07) is 6.83. The van der Waals surface area contributed by atoms with Gasteiger partial charge in [-0.05, 0) is 43.5 Å².